The molecule has 0 atom stereocenters. The van der Waals surface area contributed by atoms with Crippen molar-refractivity contribution >= 4 is 10.9 Å². The Morgan fingerprint density at radius 1 is 0.971 bits per heavy atom. The normalized spacial score (nSPS) is 17.3. The lowest BCUT2D eigenvalue weighted by atomic mass is 9.85. The Balaban J connectivity index is 1.21. The molecule has 6 nitrogen and oxygen atoms in total. The molecule has 1 saturated heterocycles. The fourth-order valence-electron chi connectivity index (χ4n) is 5.35. The number of pyridine rings is 1. The van der Waals surface area contributed by atoms with Crippen LogP contribution in [0.25, 0.3) is 15.7 Å². The van der Waals surface area contributed by atoms with Crippen molar-refractivity contribution in [3.8, 4) is 11.5 Å². The zero-order valence-corrected chi connectivity index (χ0v) is 20.7. The molecule has 0 unspecified atom stereocenters. The van der Waals surface area contributed by atoms with Crippen LogP contribution in [0.5, 0.6) is 11.5 Å². The SMILES string of the molecule is [C-]#[N+]C1(CCn2c(=O)cc(C)c3ccc(C)cc32)CCN(CCc2ccc3c(c2)OCCO3)CC1. The van der Waals surface area contributed by atoms with Crippen LogP contribution < -0.4 is 15.0 Å². The number of hydrogen-bond acceptors (Lipinski definition) is 4. The van der Waals surface area contributed by atoms with Gasteiger partial charge in [-0.25, -0.2) is 6.57 Å². The molecule has 1 fully saturated rings. The van der Waals surface area contributed by atoms with Crippen LogP contribution in [-0.2, 0) is 13.0 Å². The van der Waals surface area contributed by atoms with Crippen LogP contribution in [0.3, 0.4) is 0 Å². The van der Waals surface area contributed by atoms with Crippen LogP contribution in [0.1, 0.15) is 36.0 Å². The van der Waals surface area contributed by atoms with E-state index >= 15 is 0 Å². The Morgan fingerprint density at radius 3 is 2.51 bits per heavy atom. The number of likely N-dealkylation sites (tertiary alicyclic amines) is 1. The molecule has 0 spiro atoms. The van der Waals surface area contributed by atoms with E-state index in [1.54, 1.807) is 6.07 Å². The summed E-state index contributed by atoms with van der Waals surface area (Å²) in [6, 6.07) is 14.2. The Bertz CT molecular complexity index is 1330. The second-order valence-electron chi connectivity index (χ2n) is 9.99. The zero-order valence-electron chi connectivity index (χ0n) is 20.7. The molecular weight excluding hydrogens is 438 g/mol. The molecule has 0 aliphatic carbocycles. The second-order valence-corrected chi connectivity index (χ2v) is 9.99. The number of piperidine rings is 1. The zero-order chi connectivity index (χ0) is 24.4. The molecule has 3 aromatic rings. The van der Waals surface area contributed by atoms with Gasteiger partial charge < -0.3 is 23.8 Å². The van der Waals surface area contributed by atoms with Gasteiger partial charge in [0.1, 0.15) is 13.2 Å². The molecular formula is C29H33N3O3. The first-order valence-corrected chi connectivity index (χ1v) is 12.6. The number of aryl methyl sites for hydroxylation is 3. The van der Waals surface area contributed by atoms with E-state index in [0.29, 0.717) is 26.2 Å². The number of rotatable bonds is 6. The number of benzene rings is 2. The number of nitrogens with zero attached hydrogens (tertiary/aromatic N) is 3. The van der Waals surface area contributed by atoms with Crippen LogP contribution in [0.2, 0.25) is 0 Å². The number of hydrogen-bond donors (Lipinski definition) is 0. The first-order valence-electron chi connectivity index (χ1n) is 12.6. The average Bonchev–Trinajstić information content (AvgIpc) is 2.87. The molecule has 6 heteroatoms. The summed E-state index contributed by atoms with van der Waals surface area (Å²) in [6.07, 6.45) is 3.34. The molecule has 2 aliphatic rings. The molecule has 35 heavy (non-hydrogen) atoms. The van der Waals surface area contributed by atoms with Gasteiger partial charge >= 0.3 is 0 Å². The predicted molar refractivity (Wildman–Crippen MR) is 138 cm³/mol. The minimum absolute atomic E-state index is 0.0256. The van der Waals surface area contributed by atoms with Crippen molar-refractivity contribution in [2.45, 2.75) is 51.6 Å². The fourth-order valence-corrected chi connectivity index (χ4v) is 5.35. The van der Waals surface area contributed by atoms with Crippen LogP contribution in [0, 0.1) is 20.4 Å². The summed E-state index contributed by atoms with van der Waals surface area (Å²) < 4.78 is 13.2. The molecule has 2 aromatic carbocycles. The van der Waals surface area contributed by atoms with Gasteiger partial charge in [-0.15, -0.1) is 0 Å². The summed E-state index contributed by atoms with van der Waals surface area (Å²) in [4.78, 5) is 19.4. The maximum atomic E-state index is 12.9. The van der Waals surface area contributed by atoms with E-state index in [2.05, 4.69) is 47.0 Å². The number of fused-ring (bicyclic) bond motifs is 2. The smallest absolute Gasteiger partial charge is 0.251 e. The molecule has 5 rings (SSSR count). The van der Waals surface area contributed by atoms with Gasteiger partial charge in [-0.1, -0.05) is 18.2 Å². The lowest BCUT2D eigenvalue weighted by molar-refractivity contribution is 0.170. The van der Waals surface area contributed by atoms with Crippen molar-refractivity contribution in [3.05, 3.63) is 80.9 Å². The van der Waals surface area contributed by atoms with Crippen LogP contribution in [0.15, 0.2) is 47.3 Å². The predicted octanol–water partition coefficient (Wildman–Crippen LogP) is 4.78. The van der Waals surface area contributed by atoms with Gasteiger partial charge in [-0.3, -0.25) is 4.79 Å². The van der Waals surface area contributed by atoms with Gasteiger partial charge in [0.05, 0.1) is 5.52 Å². The summed E-state index contributed by atoms with van der Waals surface area (Å²) >= 11 is 0. The van der Waals surface area contributed by atoms with Crippen molar-refractivity contribution in [3.63, 3.8) is 0 Å². The Kier molecular flexibility index (Phi) is 6.53. The highest BCUT2D eigenvalue weighted by molar-refractivity contribution is 5.83. The molecule has 0 amide bonds. The lowest BCUT2D eigenvalue weighted by Gasteiger charge is -2.34. The maximum absolute atomic E-state index is 12.9. The van der Waals surface area contributed by atoms with E-state index in [1.807, 2.05) is 17.6 Å². The third-order valence-electron chi connectivity index (χ3n) is 7.62. The third-order valence-corrected chi connectivity index (χ3v) is 7.62. The van der Waals surface area contributed by atoms with Gasteiger partial charge in [-0.05, 0) is 55.2 Å². The van der Waals surface area contributed by atoms with E-state index in [4.69, 9.17) is 16.0 Å². The highest BCUT2D eigenvalue weighted by atomic mass is 16.6. The van der Waals surface area contributed by atoms with Gasteiger partial charge in [-0.2, -0.15) is 0 Å². The molecule has 182 valence electrons. The van der Waals surface area contributed by atoms with Crippen molar-refractivity contribution < 1.29 is 9.47 Å². The monoisotopic (exact) mass is 471 g/mol. The lowest BCUT2D eigenvalue weighted by Crippen LogP contribution is -2.44. The topological polar surface area (TPSA) is 48.1 Å². The van der Waals surface area contributed by atoms with Crippen molar-refractivity contribution in [1.82, 2.24) is 9.47 Å². The first kappa shape index (κ1) is 23.4. The van der Waals surface area contributed by atoms with Crippen molar-refractivity contribution in [2.24, 2.45) is 0 Å². The highest BCUT2D eigenvalue weighted by Crippen LogP contribution is 2.33. The summed E-state index contributed by atoms with van der Waals surface area (Å²) in [5, 5.41) is 1.11. The Morgan fingerprint density at radius 2 is 1.74 bits per heavy atom. The van der Waals surface area contributed by atoms with Crippen molar-refractivity contribution in [2.75, 3.05) is 32.8 Å². The molecule has 0 saturated carbocycles. The Hall–Kier alpha value is -3.30. The fraction of sp³-hybridized carbons (Fsp3) is 0.448. The third kappa shape index (κ3) is 4.92. The standard InChI is InChI=1S/C29H33N3O3/c1-21-4-6-24-22(2)19-28(33)32(25(24)18-21)15-11-29(30-3)9-13-31(14-10-29)12-8-23-5-7-26-27(20-23)35-17-16-34-26/h4-7,18-20H,8-17H2,1-2H3. The summed E-state index contributed by atoms with van der Waals surface area (Å²) in [6.45, 7) is 16.6. The summed E-state index contributed by atoms with van der Waals surface area (Å²) in [7, 11) is 0. The number of ether oxygens (including phenoxy) is 2. The van der Waals surface area contributed by atoms with E-state index in [0.717, 1.165) is 72.4 Å². The van der Waals surface area contributed by atoms with Gasteiger partial charge in [0.15, 0.2) is 11.5 Å². The molecule has 1 aromatic heterocycles. The van der Waals surface area contributed by atoms with Gasteiger partial charge in [0, 0.05) is 56.9 Å². The second kappa shape index (κ2) is 9.75. The van der Waals surface area contributed by atoms with Crippen LogP contribution in [0.4, 0.5) is 0 Å². The van der Waals surface area contributed by atoms with Crippen LogP contribution in [-0.4, -0.2) is 47.9 Å². The summed E-state index contributed by atoms with van der Waals surface area (Å²) in [5.41, 5.74) is 4.00. The number of aromatic nitrogens is 1. The molecule has 3 heterocycles. The molecule has 0 radical (unpaired) electrons. The summed E-state index contributed by atoms with van der Waals surface area (Å²) in [5.74, 6) is 1.67. The molecule has 2 aliphatic heterocycles. The quantitative estimate of drug-likeness (QED) is 0.486. The van der Waals surface area contributed by atoms with E-state index in [-0.39, 0.29) is 5.56 Å². The first-order chi connectivity index (χ1) is 17.0. The highest BCUT2D eigenvalue weighted by Gasteiger charge is 2.40. The van der Waals surface area contributed by atoms with Crippen LogP contribution >= 0.6 is 0 Å². The largest absolute Gasteiger partial charge is 0.486 e. The minimum Gasteiger partial charge on any atom is -0.486 e. The minimum atomic E-state index is -0.395. The van der Waals surface area contributed by atoms with Gasteiger partial charge in [0.25, 0.3) is 5.56 Å². The van der Waals surface area contributed by atoms with E-state index in [1.165, 1.54) is 5.56 Å². The average molecular weight is 472 g/mol. The van der Waals surface area contributed by atoms with E-state index < -0.39 is 5.54 Å². The van der Waals surface area contributed by atoms with Gasteiger partial charge in [0.2, 0.25) is 5.54 Å². The molecule has 0 bridgehead atoms. The molecule has 0 N–H and O–H groups in total. The van der Waals surface area contributed by atoms with Crippen molar-refractivity contribution in [1.29, 1.82) is 0 Å². The van der Waals surface area contributed by atoms with E-state index in [9.17, 15) is 4.79 Å². The maximum Gasteiger partial charge on any atom is 0.251 e. The Labute approximate surface area is 206 Å².